The minimum absolute atomic E-state index is 0.0833. The highest BCUT2D eigenvalue weighted by atomic mass is 35.5. The zero-order valence-electron chi connectivity index (χ0n) is 14.5. The molecule has 0 N–H and O–H groups in total. The Hall–Kier alpha value is -1.42. The molecule has 2 nitrogen and oxygen atoms in total. The van der Waals surface area contributed by atoms with Crippen LogP contribution in [-0.2, 0) is 17.8 Å². The Bertz CT molecular complexity index is 965. The fraction of sp³-hybridized carbons (Fsp3) is 0.333. The van der Waals surface area contributed by atoms with E-state index in [0.29, 0.717) is 5.25 Å². The second-order valence-corrected chi connectivity index (χ2v) is 9.65. The van der Waals surface area contributed by atoms with Gasteiger partial charge in [0.2, 0.25) is 0 Å². The number of rotatable bonds is 1. The van der Waals surface area contributed by atoms with Gasteiger partial charge in [0.1, 0.15) is 0 Å². The third-order valence-electron chi connectivity index (χ3n) is 5.63. The van der Waals surface area contributed by atoms with Crippen molar-refractivity contribution in [3.05, 3.63) is 70.4 Å². The molecule has 0 saturated heterocycles. The van der Waals surface area contributed by atoms with Crippen molar-refractivity contribution in [1.82, 2.24) is 9.47 Å². The summed E-state index contributed by atoms with van der Waals surface area (Å²) in [7, 11) is 2.23. The number of fused-ring (bicyclic) bond motifs is 3. The largest absolute Gasteiger partial charge is 0.341 e. The van der Waals surface area contributed by atoms with Gasteiger partial charge in [-0.3, -0.25) is 0 Å². The monoisotopic (exact) mass is 368 g/mol. The Labute approximate surface area is 157 Å². The quantitative estimate of drug-likeness (QED) is 0.564. The van der Waals surface area contributed by atoms with Crippen molar-refractivity contribution in [2.45, 2.75) is 30.0 Å². The lowest BCUT2D eigenvalue weighted by Crippen LogP contribution is -2.38. The van der Waals surface area contributed by atoms with E-state index in [1.165, 1.54) is 27.7 Å². The first-order chi connectivity index (χ1) is 12.0. The minimum atomic E-state index is 0.0833. The molecule has 0 bridgehead atoms. The van der Waals surface area contributed by atoms with Gasteiger partial charge in [-0.2, -0.15) is 0 Å². The third-order valence-corrected chi connectivity index (χ3v) is 7.41. The molecule has 0 fully saturated rings. The van der Waals surface area contributed by atoms with Crippen molar-refractivity contribution in [1.29, 1.82) is 0 Å². The highest BCUT2D eigenvalue weighted by molar-refractivity contribution is 8.00. The first-order valence-electron chi connectivity index (χ1n) is 8.77. The number of thioether (sulfide) groups is 1. The molecule has 2 aliphatic heterocycles. The number of aromatic nitrogens is 1. The van der Waals surface area contributed by atoms with E-state index in [9.17, 15) is 0 Å². The van der Waals surface area contributed by atoms with E-state index < -0.39 is 0 Å². The molecule has 2 aromatic carbocycles. The SMILES string of the molecule is CN1Cc2c3n(c4ccc(Cl)cc24)CC(C)(c2ccccc2)SC3C1. The lowest BCUT2D eigenvalue weighted by molar-refractivity contribution is 0.299. The zero-order valence-corrected chi connectivity index (χ0v) is 16.1. The molecule has 0 aliphatic carbocycles. The van der Waals surface area contributed by atoms with E-state index in [0.717, 1.165) is 24.7 Å². The first kappa shape index (κ1) is 15.8. The van der Waals surface area contributed by atoms with Gasteiger partial charge in [-0.15, -0.1) is 11.8 Å². The highest BCUT2D eigenvalue weighted by Crippen LogP contribution is 2.54. The molecule has 0 spiro atoms. The number of hydrogen-bond acceptors (Lipinski definition) is 2. The van der Waals surface area contributed by atoms with Gasteiger partial charge in [0.05, 0.1) is 10.00 Å². The second-order valence-electron chi connectivity index (χ2n) is 7.51. The smallest absolute Gasteiger partial charge is 0.0590 e. The van der Waals surface area contributed by atoms with Crippen LogP contribution < -0.4 is 0 Å². The summed E-state index contributed by atoms with van der Waals surface area (Å²) in [5, 5.41) is 2.66. The van der Waals surface area contributed by atoms with Crippen LogP contribution in [0, 0.1) is 0 Å². The number of nitrogens with zero attached hydrogens (tertiary/aromatic N) is 2. The summed E-state index contributed by atoms with van der Waals surface area (Å²) in [4.78, 5) is 2.45. The maximum atomic E-state index is 6.33. The molecule has 4 heteroatoms. The van der Waals surface area contributed by atoms with Gasteiger partial charge in [-0.1, -0.05) is 41.9 Å². The molecular weight excluding hydrogens is 348 g/mol. The van der Waals surface area contributed by atoms with Gasteiger partial charge in [0, 0.05) is 41.3 Å². The molecule has 25 heavy (non-hydrogen) atoms. The van der Waals surface area contributed by atoms with Crippen molar-refractivity contribution < 1.29 is 0 Å². The molecule has 5 rings (SSSR count). The lowest BCUT2D eigenvalue weighted by Gasteiger charge is -2.43. The van der Waals surface area contributed by atoms with Crippen molar-refractivity contribution in [2.75, 3.05) is 13.6 Å². The Kier molecular flexibility index (Phi) is 3.50. The van der Waals surface area contributed by atoms with Crippen LogP contribution in [0.2, 0.25) is 5.02 Å². The molecule has 2 aliphatic rings. The molecule has 0 radical (unpaired) electrons. The molecule has 128 valence electrons. The lowest BCUT2D eigenvalue weighted by atomic mass is 9.98. The van der Waals surface area contributed by atoms with Gasteiger partial charge in [-0.05, 0) is 43.3 Å². The van der Waals surface area contributed by atoms with Crippen molar-refractivity contribution >= 4 is 34.3 Å². The van der Waals surface area contributed by atoms with E-state index in [2.05, 4.69) is 77.7 Å². The maximum Gasteiger partial charge on any atom is 0.0590 e. The molecule has 0 amide bonds. The van der Waals surface area contributed by atoms with Crippen molar-refractivity contribution in [3.63, 3.8) is 0 Å². The van der Waals surface area contributed by atoms with Gasteiger partial charge in [0.25, 0.3) is 0 Å². The summed E-state index contributed by atoms with van der Waals surface area (Å²) in [5.41, 5.74) is 5.74. The van der Waals surface area contributed by atoms with Crippen molar-refractivity contribution in [2.24, 2.45) is 0 Å². The minimum Gasteiger partial charge on any atom is -0.341 e. The predicted octanol–water partition coefficient (Wildman–Crippen LogP) is 5.44. The molecule has 2 unspecified atom stereocenters. The summed E-state index contributed by atoms with van der Waals surface area (Å²) >= 11 is 8.45. The summed E-state index contributed by atoms with van der Waals surface area (Å²) < 4.78 is 2.65. The van der Waals surface area contributed by atoms with E-state index in [1.54, 1.807) is 0 Å². The normalized spacial score (nSPS) is 26.0. The fourth-order valence-electron chi connectivity index (χ4n) is 4.52. The Balaban J connectivity index is 1.75. The summed E-state index contributed by atoms with van der Waals surface area (Å²) in [6, 6.07) is 17.3. The number of likely N-dealkylation sites (N-methyl/N-ethyl adjacent to an activating group) is 1. The average Bonchev–Trinajstić information content (AvgIpc) is 2.89. The van der Waals surface area contributed by atoms with E-state index in [-0.39, 0.29) is 4.75 Å². The molecule has 2 atom stereocenters. The fourth-order valence-corrected chi connectivity index (χ4v) is 6.51. The number of benzene rings is 2. The van der Waals surface area contributed by atoms with E-state index >= 15 is 0 Å². The Morgan fingerprint density at radius 1 is 1.16 bits per heavy atom. The van der Waals surface area contributed by atoms with Crippen LogP contribution in [-0.4, -0.2) is 23.1 Å². The van der Waals surface area contributed by atoms with Crippen LogP contribution in [0.5, 0.6) is 0 Å². The van der Waals surface area contributed by atoms with Gasteiger partial charge in [0.15, 0.2) is 0 Å². The van der Waals surface area contributed by atoms with E-state index in [1.807, 2.05) is 6.07 Å². The van der Waals surface area contributed by atoms with Crippen LogP contribution in [0.3, 0.4) is 0 Å². The number of halogens is 1. The average molecular weight is 369 g/mol. The molecule has 3 heterocycles. The van der Waals surface area contributed by atoms with Crippen molar-refractivity contribution in [3.8, 4) is 0 Å². The van der Waals surface area contributed by atoms with Gasteiger partial charge in [-0.25, -0.2) is 0 Å². The molecule has 1 aromatic heterocycles. The van der Waals surface area contributed by atoms with Gasteiger partial charge < -0.3 is 9.47 Å². The highest BCUT2D eigenvalue weighted by Gasteiger charge is 2.42. The molecule has 0 saturated carbocycles. The molecule has 3 aromatic rings. The summed E-state index contributed by atoms with van der Waals surface area (Å²) in [6.45, 7) is 5.52. The number of hydrogen-bond donors (Lipinski definition) is 0. The maximum absolute atomic E-state index is 6.33. The Morgan fingerprint density at radius 2 is 1.96 bits per heavy atom. The van der Waals surface area contributed by atoms with Crippen LogP contribution >= 0.6 is 23.4 Å². The van der Waals surface area contributed by atoms with Crippen LogP contribution in [0.15, 0.2) is 48.5 Å². The standard InChI is InChI=1S/C21H21ClN2S/c1-21(14-6-4-3-5-7-14)13-24-18-9-8-15(22)10-16(18)17-11-23(2)12-19(25-21)20(17)24/h3-10,19H,11-13H2,1-2H3. The second kappa shape index (κ2) is 5.54. The predicted molar refractivity (Wildman–Crippen MR) is 107 cm³/mol. The Morgan fingerprint density at radius 3 is 2.76 bits per heavy atom. The van der Waals surface area contributed by atoms with Crippen LogP contribution in [0.1, 0.15) is 29.0 Å². The summed E-state index contributed by atoms with van der Waals surface area (Å²) in [6.07, 6.45) is 0. The summed E-state index contributed by atoms with van der Waals surface area (Å²) in [5.74, 6) is 0. The van der Waals surface area contributed by atoms with E-state index in [4.69, 9.17) is 11.6 Å². The van der Waals surface area contributed by atoms with Crippen LogP contribution in [0.4, 0.5) is 0 Å². The van der Waals surface area contributed by atoms with Gasteiger partial charge >= 0.3 is 0 Å². The first-order valence-corrected chi connectivity index (χ1v) is 10.0. The topological polar surface area (TPSA) is 8.17 Å². The third kappa shape index (κ3) is 2.37. The molecular formula is C21H21ClN2S. The zero-order chi connectivity index (χ0) is 17.2. The van der Waals surface area contributed by atoms with Crippen LogP contribution in [0.25, 0.3) is 10.9 Å².